The largest absolute Gasteiger partial charge is 0.284 e. The third kappa shape index (κ3) is 6.92. The van der Waals surface area contributed by atoms with Crippen molar-refractivity contribution in [1.29, 1.82) is 0 Å². The van der Waals surface area contributed by atoms with Crippen LogP contribution in [0, 0.1) is 33.8 Å². The number of nitro groups is 1. The molecular weight excluding hydrogens is 432 g/mol. The van der Waals surface area contributed by atoms with Crippen molar-refractivity contribution in [2.45, 2.75) is 19.1 Å². The summed E-state index contributed by atoms with van der Waals surface area (Å²) >= 11 is 0. The molecule has 0 N–H and O–H groups in total. The second kappa shape index (κ2) is 12.0. The molecular formula is C31H24N2O2. The van der Waals surface area contributed by atoms with Crippen LogP contribution in [0.3, 0.4) is 0 Å². The first-order valence-corrected chi connectivity index (χ1v) is 11.3. The summed E-state index contributed by atoms with van der Waals surface area (Å²) in [5.41, 5.74) is 3.55. The van der Waals surface area contributed by atoms with E-state index in [2.05, 4.69) is 52.8 Å². The van der Waals surface area contributed by atoms with Crippen molar-refractivity contribution >= 4 is 5.69 Å². The normalized spacial score (nSPS) is 11.0. The molecule has 4 rings (SSSR count). The Hall–Kier alpha value is -4.64. The molecule has 4 aromatic rings. The molecule has 0 amide bonds. The maximum atomic E-state index is 11.5. The van der Waals surface area contributed by atoms with Crippen LogP contribution in [-0.2, 0) is 13.1 Å². The minimum absolute atomic E-state index is 0.00700. The topological polar surface area (TPSA) is 46.4 Å². The molecule has 170 valence electrons. The highest BCUT2D eigenvalue weighted by Gasteiger charge is 2.17. The van der Waals surface area contributed by atoms with Crippen molar-refractivity contribution in [2.24, 2.45) is 0 Å². The fourth-order valence-corrected chi connectivity index (χ4v) is 3.65. The fourth-order valence-electron chi connectivity index (χ4n) is 3.65. The van der Waals surface area contributed by atoms with E-state index in [0.717, 1.165) is 16.7 Å². The second-order valence-electron chi connectivity index (χ2n) is 7.96. The van der Waals surface area contributed by atoms with Crippen molar-refractivity contribution < 1.29 is 4.92 Å². The van der Waals surface area contributed by atoms with Crippen molar-refractivity contribution in [3.8, 4) is 23.7 Å². The molecule has 0 aliphatic carbocycles. The number of benzene rings is 4. The van der Waals surface area contributed by atoms with E-state index in [1.165, 1.54) is 6.07 Å². The lowest BCUT2D eigenvalue weighted by molar-refractivity contribution is -0.385. The zero-order valence-corrected chi connectivity index (χ0v) is 19.2. The van der Waals surface area contributed by atoms with Gasteiger partial charge in [-0.05, 0) is 29.3 Å². The van der Waals surface area contributed by atoms with Crippen LogP contribution in [0.5, 0.6) is 0 Å². The predicted molar refractivity (Wildman–Crippen MR) is 139 cm³/mol. The van der Waals surface area contributed by atoms with E-state index in [0.29, 0.717) is 18.7 Å². The van der Waals surface area contributed by atoms with Gasteiger partial charge in [0.05, 0.1) is 4.92 Å². The third-order valence-electron chi connectivity index (χ3n) is 5.39. The van der Waals surface area contributed by atoms with Crippen LogP contribution in [0.2, 0.25) is 0 Å². The summed E-state index contributed by atoms with van der Waals surface area (Å²) < 4.78 is 0. The van der Waals surface area contributed by atoms with Gasteiger partial charge in [0.25, 0.3) is 5.69 Å². The Kier molecular flexibility index (Phi) is 8.06. The smallest absolute Gasteiger partial charge is 0.271 e. The van der Waals surface area contributed by atoms with Gasteiger partial charge < -0.3 is 0 Å². The number of hydrogen-bond acceptors (Lipinski definition) is 3. The lowest BCUT2D eigenvalue weighted by Crippen LogP contribution is -2.32. The monoisotopic (exact) mass is 456 g/mol. The summed E-state index contributed by atoms with van der Waals surface area (Å²) in [4.78, 5) is 13.3. The van der Waals surface area contributed by atoms with E-state index in [4.69, 9.17) is 0 Å². The highest BCUT2D eigenvalue weighted by molar-refractivity contribution is 5.52. The highest BCUT2D eigenvalue weighted by Crippen LogP contribution is 2.17. The maximum Gasteiger partial charge on any atom is 0.284 e. The molecule has 1 atom stereocenters. The number of rotatable bonds is 6. The molecule has 0 saturated carbocycles. The van der Waals surface area contributed by atoms with Gasteiger partial charge in [-0.3, -0.25) is 15.0 Å². The first-order valence-electron chi connectivity index (χ1n) is 11.3. The molecule has 4 aromatic carbocycles. The summed E-state index contributed by atoms with van der Waals surface area (Å²) in [6.45, 7) is 1.27. The van der Waals surface area contributed by atoms with E-state index < -0.39 is 11.0 Å². The van der Waals surface area contributed by atoms with E-state index in [1.54, 1.807) is 18.2 Å². The predicted octanol–water partition coefficient (Wildman–Crippen LogP) is 6.07. The number of para-hydroxylation sites is 1. The van der Waals surface area contributed by atoms with Gasteiger partial charge >= 0.3 is 0 Å². The molecule has 0 aromatic heterocycles. The molecule has 0 bridgehead atoms. The van der Waals surface area contributed by atoms with Gasteiger partial charge in [0.15, 0.2) is 0 Å². The van der Waals surface area contributed by atoms with Crippen LogP contribution in [-0.4, -0.2) is 15.9 Å². The quantitative estimate of drug-likeness (QED) is 0.201. The lowest BCUT2D eigenvalue weighted by Gasteiger charge is -2.25. The van der Waals surface area contributed by atoms with Crippen molar-refractivity contribution in [2.75, 3.05) is 0 Å². The molecule has 4 heteroatoms. The molecule has 0 aliphatic rings. The van der Waals surface area contributed by atoms with Crippen LogP contribution in [0.1, 0.15) is 22.3 Å². The molecule has 0 radical (unpaired) electrons. The number of hydrogen-bond donors (Lipinski definition) is 0. The van der Waals surface area contributed by atoms with Crippen molar-refractivity contribution in [1.82, 2.24) is 4.90 Å². The first-order chi connectivity index (χ1) is 17.2. The van der Waals surface area contributed by atoms with Gasteiger partial charge in [-0.2, -0.15) is 0 Å². The summed E-state index contributed by atoms with van der Waals surface area (Å²) in [5, 5.41) is 11.5. The summed E-state index contributed by atoms with van der Waals surface area (Å²) in [6.07, 6.45) is 0. The molecule has 35 heavy (non-hydrogen) atoms. The van der Waals surface area contributed by atoms with Gasteiger partial charge in [0.2, 0.25) is 0 Å². The molecule has 0 spiro atoms. The fraction of sp³-hybridized carbons (Fsp3) is 0.0968. The van der Waals surface area contributed by atoms with Crippen molar-refractivity contribution in [3.63, 3.8) is 0 Å². The van der Waals surface area contributed by atoms with E-state index in [-0.39, 0.29) is 5.69 Å². The summed E-state index contributed by atoms with van der Waals surface area (Å²) in [5.74, 6) is 12.9. The molecule has 0 aliphatic heterocycles. The molecule has 0 saturated heterocycles. The van der Waals surface area contributed by atoms with Gasteiger partial charge in [-0.1, -0.05) is 115 Å². The average molecular weight is 457 g/mol. The van der Waals surface area contributed by atoms with Gasteiger partial charge in [0.1, 0.15) is 11.6 Å². The van der Waals surface area contributed by atoms with Crippen LogP contribution in [0.15, 0.2) is 115 Å². The Bertz CT molecular complexity index is 1340. The van der Waals surface area contributed by atoms with E-state index in [1.807, 2.05) is 66.7 Å². The zero-order valence-electron chi connectivity index (χ0n) is 19.2. The Balaban J connectivity index is 1.75. The molecule has 0 fully saturated rings. The van der Waals surface area contributed by atoms with E-state index >= 15 is 0 Å². The third-order valence-corrected chi connectivity index (χ3v) is 5.39. The van der Waals surface area contributed by atoms with Crippen LogP contribution in [0.25, 0.3) is 0 Å². The number of nitro benzene ring substituents is 1. The highest BCUT2D eigenvalue weighted by atomic mass is 16.6. The van der Waals surface area contributed by atoms with Gasteiger partial charge in [-0.15, -0.1) is 0 Å². The minimum Gasteiger partial charge on any atom is -0.271 e. The Morgan fingerprint density at radius 2 is 1.14 bits per heavy atom. The molecule has 0 heterocycles. The zero-order chi connectivity index (χ0) is 24.3. The number of nitrogens with zero attached hydrogens (tertiary/aromatic N) is 2. The maximum absolute atomic E-state index is 11.5. The Morgan fingerprint density at radius 3 is 1.71 bits per heavy atom. The van der Waals surface area contributed by atoms with Crippen LogP contribution < -0.4 is 0 Å². The Morgan fingerprint density at radius 1 is 0.657 bits per heavy atom. The Labute approximate surface area is 206 Å². The standard InChI is InChI=1S/C31H24N2O2/c34-33(35)31-19-11-10-18-29(31)21-23-30(22-20-26-12-4-1-5-13-26)32(24-27-14-6-2-7-15-27)25-28-16-8-3-9-17-28/h1-19,30H,24-25H2/t30-/m1/s1. The molecule has 0 unspecified atom stereocenters. The van der Waals surface area contributed by atoms with Crippen molar-refractivity contribution in [3.05, 3.63) is 148 Å². The van der Waals surface area contributed by atoms with E-state index in [9.17, 15) is 10.1 Å². The lowest BCUT2D eigenvalue weighted by atomic mass is 10.1. The summed E-state index contributed by atoms with van der Waals surface area (Å²) in [7, 11) is 0. The average Bonchev–Trinajstić information content (AvgIpc) is 2.90. The van der Waals surface area contributed by atoms with Gasteiger partial charge in [0, 0.05) is 24.7 Å². The summed E-state index contributed by atoms with van der Waals surface area (Å²) in [6, 6.07) is 36.2. The first kappa shape index (κ1) is 23.5. The SMILES string of the molecule is O=[N+]([O-])c1ccccc1C#C[C@@H](C#Cc1ccccc1)N(Cc1ccccc1)Cc1ccccc1. The van der Waals surface area contributed by atoms with Gasteiger partial charge in [-0.25, -0.2) is 0 Å². The molecule has 4 nitrogen and oxygen atoms in total. The van der Waals surface area contributed by atoms with Crippen LogP contribution >= 0.6 is 0 Å². The second-order valence-corrected chi connectivity index (χ2v) is 7.96. The minimum atomic E-state index is -0.449. The van der Waals surface area contributed by atoms with Crippen LogP contribution in [0.4, 0.5) is 5.69 Å².